The number of hydrogen-bond acceptors (Lipinski definition) is 4. The molecule has 1 N–H and O–H groups in total. The molecular weight excluding hydrogens is 291 g/mol. The Morgan fingerprint density at radius 2 is 2.19 bits per heavy atom. The van der Waals surface area contributed by atoms with Gasteiger partial charge in [-0.25, -0.2) is 4.39 Å². The van der Waals surface area contributed by atoms with E-state index < -0.39 is 5.91 Å². The lowest BCUT2D eigenvalue weighted by Crippen LogP contribution is -2.13. The second kappa shape index (κ2) is 5.49. The van der Waals surface area contributed by atoms with Gasteiger partial charge in [0.15, 0.2) is 11.5 Å². The average Bonchev–Trinajstić information content (AvgIpc) is 3.10. The molecule has 21 heavy (non-hydrogen) atoms. The molecule has 0 bridgehead atoms. The number of rotatable bonds is 3. The maximum Gasteiger partial charge on any atom is 0.277 e. The Labute approximate surface area is 124 Å². The SMILES string of the molecule is Cc1cc(F)ccc1NC(=O)c1cc(-c2cccs2)on1. The van der Waals surface area contributed by atoms with Gasteiger partial charge in [-0.15, -0.1) is 11.3 Å². The summed E-state index contributed by atoms with van der Waals surface area (Å²) in [6.07, 6.45) is 0. The second-order valence-corrected chi connectivity index (χ2v) is 5.41. The third kappa shape index (κ3) is 2.85. The number of carbonyl (C=O) groups excluding carboxylic acids is 1. The standard InChI is InChI=1S/C15H11FN2O2S/c1-9-7-10(16)4-5-11(9)17-15(19)12-8-13(20-18-12)14-3-2-6-21-14/h2-8H,1H3,(H,17,19). The number of nitrogens with zero attached hydrogens (tertiary/aromatic N) is 1. The molecule has 0 aliphatic heterocycles. The molecular formula is C15H11FN2O2S. The first-order valence-corrected chi connectivity index (χ1v) is 7.09. The molecule has 0 fully saturated rings. The highest BCUT2D eigenvalue weighted by molar-refractivity contribution is 7.13. The summed E-state index contributed by atoms with van der Waals surface area (Å²) in [5.41, 5.74) is 1.37. The van der Waals surface area contributed by atoms with Crippen molar-refractivity contribution in [3.8, 4) is 10.6 Å². The fourth-order valence-electron chi connectivity index (χ4n) is 1.87. The number of carbonyl (C=O) groups is 1. The van der Waals surface area contributed by atoms with E-state index >= 15 is 0 Å². The molecule has 0 atom stereocenters. The van der Waals surface area contributed by atoms with E-state index in [-0.39, 0.29) is 11.5 Å². The van der Waals surface area contributed by atoms with Crippen LogP contribution in [0.2, 0.25) is 0 Å². The molecule has 1 aromatic carbocycles. The number of aromatic nitrogens is 1. The molecule has 0 radical (unpaired) electrons. The summed E-state index contributed by atoms with van der Waals surface area (Å²) in [5, 5.41) is 8.36. The molecule has 0 unspecified atom stereocenters. The molecule has 4 nitrogen and oxygen atoms in total. The van der Waals surface area contributed by atoms with Crippen LogP contribution in [0.1, 0.15) is 16.1 Å². The molecule has 0 aliphatic rings. The number of anilines is 1. The van der Waals surface area contributed by atoms with Crippen molar-refractivity contribution in [3.05, 3.63) is 58.9 Å². The number of halogens is 1. The van der Waals surface area contributed by atoms with Gasteiger partial charge in [-0.2, -0.15) is 0 Å². The Balaban J connectivity index is 1.79. The Morgan fingerprint density at radius 1 is 1.33 bits per heavy atom. The third-order valence-electron chi connectivity index (χ3n) is 2.94. The van der Waals surface area contributed by atoms with Gasteiger partial charge in [0.1, 0.15) is 5.82 Å². The second-order valence-electron chi connectivity index (χ2n) is 4.47. The van der Waals surface area contributed by atoms with Crippen molar-refractivity contribution in [1.29, 1.82) is 0 Å². The van der Waals surface area contributed by atoms with E-state index in [1.54, 1.807) is 13.0 Å². The van der Waals surface area contributed by atoms with Crippen molar-refractivity contribution in [2.75, 3.05) is 5.32 Å². The number of hydrogen-bond donors (Lipinski definition) is 1. The zero-order valence-corrected chi connectivity index (χ0v) is 11.9. The molecule has 3 rings (SSSR count). The zero-order valence-electron chi connectivity index (χ0n) is 11.1. The minimum atomic E-state index is -0.392. The molecule has 0 spiro atoms. The first-order valence-electron chi connectivity index (χ1n) is 6.21. The predicted octanol–water partition coefficient (Wildman–Crippen LogP) is 4.10. The van der Waals surface area contributed by atoms with Crippen LogP contribution >= 0.6 is 11.3 Å². The van der Waals surface area contributed by atoms with Gasteiger partial charge in [-0.05, 0) is 42.1 Å². The monoisotopic (exact) mass is 302 g/mol. The van der Waals surface area contributed by atoms with Gasteiger partial charge >= 0.3 is 0 Å². The van der Waals surface area contributed by atoms with Crippen LogP contribution in [0.4, 0.5) is 10.1 Å². The van der Waals surface area contributed by atoms with Gasteiger partial charge in [-0.3, -0.25) is 4.79 Å². The number of amides is 1. The van der Waals surface area contributed by atoms with Gasteiger partial charge in [0, 0.05) is 11.8 Å². The summed E-state index contributed by atoms with van der Waals surface area (Å²) in [6.45, 7) is 1.72. The highest BCUT2D eigenvalue weighted by Gasteiger charge is 2.15. The first-order chi connectivity index (χ1) is 10.1. The number of nitrogens with one attached hydrogen (secondary N) is 1. The van der Waals surface area contributed by atoms with E-state index in [2.05, 4.69) is 10.5 Å². The topological polar surface area (TPSA) is 55.1 Å². The van der Waals surface area contributed by atoms with Gasteiger partial charge in [-0.1, -0.05) is 11.2 Å². The van der Waals surface area contributed by atoms with Crippen LogP contribution in [0.15, 0.2) is 46.3 Å². The summed E-state index contributed by atoms with van der Waals surface area (Å²) in [6, 6.07) is 9.53. The van der Waals surface area contributed by atoms with E-state index in [1.807, 2.05) is 17.5 Å². The van der Waals surface area contributed by atoms with Crippen molar-refractivity contribution in [2.45, 2.75) is 6.92 Å². The van der Waals surface area contributed by atoms with Crippen LogP contribution in [0.5, 0.6) is 0 Å². The number of aryl methyl sites for hydroxylation is 1. The average molecular weight is 302 g/mol. The van der Waals surface area contributed by atoms with Gasteiger partial charge in [0.05, 0.1) is 4.88 Å². The molecule has 6 heteroatoms. The lowest BCUT2D eigenvalue weighted by atomic mass is 10.2. The summed E-state index contributed by atoms with van der Waals surface area (Å²) < 4.78 is 18.2. The van der Waals surface area contributed by atoms with Crippen LogP contribution in [0, 0.1) is 12.7 Å². The molecule has 2 aromatic heterocycles. The van der Waals surface area contributed by atoms with Crippen LogP contribution < -0.4 is 5.32 Å². The van der Waals surface area contributed by atoms with Crippen molar-refractivity contribution in [2.24, 2.45) is 0 Å². The fourth-order valence-corrected chi connectivity index (χ4v) is 2.54. The maximum absolute atomic E-state index is 13.0. The quantitative estimate of drug-likeness (QED) is 0.792. The van der Waals surface area contributed by atoms with Crippen LogP contribution in [-0.4, -0.2) is 11.1 Å². The Morgan fingerprint density at radius 3 is 2.90 bits per heavy atom. The van der Waals surface area contributed by atoms with Crippen LogP contribution in [0.3, 0.4) is 0 Å². The molecule has 0 aliphatic carbocycles. The summed E-state index contributed by atoms with van der Waals surface area (Å²) in [4.78, 5) is 13.0. The Bertz CT molecular complexity index is 781. The molecule has 0 saturated carbocycles. The maximum atomic E-state index is 13.0. The number of benzene rings is 1. The van der Waals surface area contributed by atoms with Gasteiger partial charge in [0.25, 0.3) is 5.91 Å². The lowest BCUT2D eigenvalue weighted by Gasteiger charge is -2.06. The van der Waals surface area contributed by atoms with E-state index in [0.717, 1.165) is 4.88 Å². The van der Waals surface area contributed by atoms with Crippen molar-refractivity contribution < 1.29 is 13.7 Å². The highest BCUT2D eigenvalue weighted by atomic mass is 32.1. The zero-order chi connectivity index (χ0) is 14.8. The smallest absolute Gasteiger partial charge is 0.277 e. The van der Waals surface area contributed by atoms with E-state index in [1.165, 1.54) is 29.5 Å². The molecule has 1 amide bonds. The fraction of sp³-hybridized carbons (Fsp3) is 0.0667. The van der Waals surface area contributed by atoms with Crippen molar-refractivity contribution in [1.82, 2.24) is 5.16 Å². The summed E-state index contributed by atoms with van der Waals surface area (Å²) in [7, 11) is 0. The van der Waals surface area contributed by atoms with Gasteiger partial charge in [0.2, 0.25) is 0 Å². The summed E-state index contributed by atoms with van der Waals surface area (Å²) >= 11 is 1.50. The number of thiophene rings is 1. The van der Waals surface area contributed by atoms with Gasteiger partial charge < -0.3 is 9.84 Å². The minimum Gasteiger partial charge on any atom is -0.355 e. The van der Waals surface area contributed by atoms with Crippen LogP contribution in [0.25, 0.3) is 10.6 Å². The lowest BCUT2D eigenvalue weighted by molar-refractivity contribution is 0.101. The Kier molecular flexibility index (Phi) is 3.53. The van der Waals surface area contributed by atoms with E-state index in [9.17, 15) is 9.18 Å². The predicted molar refractivity (Wildman–Crippen MR) is 78.9 cm³/mol. The molecule has 3 aromatic rings. The normalized spacial score (nSPS) is 10.6. The molecule has 2 heterocycles. The minimum absolute atomic E-state index is 0.183. The van der Waals surface area contributed by atoms with Crippen LogP contribution in [-0.2, 0) is 0 Å². The van der Waals surface area contributed by atoms with Crippen molar-refractivity contribution >= 4 is 22.9 Å². The van der Waals surface area contributed by atoms with Crippen molar-refractivity contribution in [3.63, 3.8) is 0 Å². The molecule has 0 saturated heterocycles. The van der Waals surface area contributed by atoms with E-state index in [4.69, 9.17) is 4.52 Å². The summed E-state index contributed by atoms with van der Waals surface area (Å²) in [5.74, 6) is -0.186. The first kappa shape index (κ1) is 13.5. The highest BCUT2D eigenvalue weighted by Crippen LogP contribution is 2.25. The molecule has 106 valence electrons. The third-order valence-corrected chi connectivity index (χ3v) is 3.83. The Hall–Kier alpha value is -2.47. The van der Waals surface area contributed by atoms with E-state index in [0.29, 0.717) is 17.0 Å². The largest absolute Gasteiger partial charge is 0.355 e.